The lowest BCUT2D eigenvalue weighted by Gasteiger charge is -2.04. The van der Waals surface area contributed by atoms with Crippen LogP contribution in [0.15, 0.2) is 72.4 Å². The number of nitrogens with zero attached hydrogens (tertiary/aromatic N) is 4. The molecular formula is C17H16N4O. The lowest BCUT2D eigenvalue weighted by molar-refractivity contribution is 0.130. The average Bonchev–Trinajstić information content (AvgIpc) is 3.10. The van der Waals surface area contributed by atoms with Crippen LogP contribution >= 0.6 is 0 Å². The molecule has 5 nitrogen and oxygen atoms in total. The van der Waals surface area contributed by atoms with E-state index in [0.29, 0.717) is 6.61 Å². The second-order valence-corrected chi connectivity index (χ2v) is 4.82. The first-order chi connectivity index (χ1) is 10.8. The molecule has 0 aliphatic heterocycles. The Labute approximate surface area is 128 Å². The van der Waals surface area contributed by atoms with Crippen LogP contribution in [0, 0.1) is 0 Å². The van der Waals surface area contributed by atoms with Gasteiger partial charge in [-0.15, -0.1) is 0 Å². The van der Waals surface area contributed by atoms with Gasteiger partial charge in [-0.1, -0.05) is 47.6 Å². The summed E-state index contributed by atoms with van der Waals surface area (Å²) in [5.74, 6) is 0. The molecule has 3 aromatic rings. The lowest BCUT2D eigenvalue weighted by Crippen LogP contribution is -1.99. The number of hydrogen-bond acceptors (Lipinski definition) is 4. The monoisotopic (exact) mass is 292 g/mol. The Bertz CT molecular complexity index is 734. The fourth-order valence-corrected chi connectivity index (χ4v) is 2.03. The maximum atomic E-state index is 5.40. The smallest absolute Gasteiger partial charge is 0.142 e. The Morgan fingerprint density at radius 2 is 1.86 bits per heavy atom. The van der Waals surface area contributed by atoms with Gasteiger partial charge in [0.05, 0.1) is 11.4 Å². The van der Waals surface area contributed by atoms with Crippen molar-refractivity contribution in [2.45, 2.75) is 13.5 Å². The Hall–Kier alpha value is -2.95. The summed E-state index contributed by atoms with van der Waals surface area (Å²) < 4.78 is 1.71. The first kappa shape index (κ1) is 14.0. The van der Waals surface area contributed by atoms with Crippen LogP contribution in [0.4, 0.5) is 0 Å². The molecule has 1 aromatic heterocycles. The molecule has 0 radical (unpaired) electrons. The number of rotatable bonds is 5. The molecule has 0 bridgehead atoms. The Morgan fingerprint density at radius 1 is 1.09 bits per heavy atom. The van der Waals surface area contributed by atoms with Gasteiger partial charge >= 0.3 is 0 Å². The largest absolute Gasteiger partial charge is 0.391 e. The summed E-state index contributed by atoms with van der Waals surface area (Å²) in [6, 6.07) is 17.9. The third-order valence-electron chi connectivity index (χ3n) is 3.24. The van der Waals surface area contributed by atoms with Gasteiger partial charge in [-0.05, 0) is 30.2 Å². The first-order valence-corrected chi connectivity index (χ1v) is 6.99. The molecule has 22 heavy (non-hydrogen) atoms. The van der Waals surface area contributed by atoms with Crippen molar-refractivity contribution in [3.05, 3.63) is 78.4 Å². The summed E-state index contributed by atoms with van der Waals surface area (Å²) in [4.78, 5) is 9.33. The van der Waals surface area contributed by atoms with E-state index in [1.807, 2.05) is 61.5 Å². The summed E-state index contributed by atoms with van der Waals surface area (Å²) in [5, 5.41) is 8.26. The third kappa shape index (κ3) is 3.38. The molecule has 0 spiro atoms. The number of oxime groups is 1. The lowest BCUT2D eigenvalue weighted by atomic mass is 10.1. The van der Waals surface area contributed by atoms with Crippen LogP contribution in [0.5, 0.6) is 0 Å². The molecule has 0 atom stereocenters. The zero-order valence-corrected chi connectivity index (χ0v) is 12.3. The van der Waals surface area contributed by atoms with E-state index >= 15 is 0 Å². The minimum atomic E-state index is 0.467. The topological polar surface area (TPSA) is 52.3 Å². The minimum absolute atomic E-state index is 0.467. The van der Waals surface area contributed by atoms with E-state index in [1.165, 1.54) is 6.33 Å². The second-order valence-electron chi connectivity index (χ2n) is 4.82. The van der Waals surface area contributed by atoms with Crippen LogP contribution in [-0.2, 0) is 11.4 Å². The van der Waals surface area contributed by atoms with Crippen molar-refractivity contribution in [2.24, 2.45) is 5.16 Å². The molecule has 0 saturated carbocycles. The van der Waals surface area contributed by atoms with Crippen LogP contribution in [0.2, 0.25) is 0 Å². The maximum Gasteiger partial charge on any atom is 0.142 e. The van der Waals surface area contributed by atoms with Gasteiger partial charge in [0.15, 0.2) is 0 Å². The van der Waals surface area contributed by atoms with Gasteiger partial charge in [-0.2, -0.15) is 5.10 Å². The minimum Gasteiger partial charge on any atom is -0.391 e. The quantitative estimate of drug-likeness (QED) is 0.536. The Kier molecular flexibility index (Phi) is 4.25. The molecule has 1 heterocycles. The summed E-state index contributed by atoms with van der Waals surface area (Å²) in [5.41, 5.74) is 3.90. The molecule has 0 N–H and O–H groups in total. The first-order valence-electron chi connectivity index (χ1n) is 6.99. The molecule has 3 rings (SSSR count). The second kappa shape index (κ2) is 6.67. The van der Waals surface area contributed by atoms with E-state index in [4.69, 9.17) is 4.84 Å². The molecule has 5 heteroatoms. The van der Waals surface area contributed by atoms with Gasteiger partial charge in [0.25, 0.3) is 0 Å². The summed E-state index contributed by atoms with van der Waals surface area (Å²) in [6.07, 6.45) is 3.18. The molecule has 0 aliphatic carbocycles. The maximum absolute atomic E-state index is 5.40. The van der Waals surface area contributed by atoms with Gasteiger partial charge in [-0.25, -0.2) is 9.67 Å². The van der Waals surface area contributed by atoms with Crippen molar-refractivity contribution in [3.8, 4) is 5.69 Å². The van der Waals surface area contributed by atoms with E-state index in [1.54, 1.807) is 11.0 Å². The normalized spacial score (nSPS) is 11.4. The molecule has 0 saturated heterocycles. The molecule has 110 valence electrons. The van der Waals surface area contributed by atoms with E-state index < -0.39 is 0 Å². The van der Waals surface area contributed by atoms with Gasteiger partial charge in [0.1, 0.15) is 19.3 Å². The average molecular weight is 292 g/mol. The fraction of sp³-hybridized carbons (Fsp3) is 0.118. The highest BCUT2D eigenvalue weighted by molar-refractivity contribution is 5.98. The predicted octanol–water partition coefficient (Wildman–Crippen LogP) is 3.21. The summed E-state index contributed by atoms with van der Waals surface area (Å²) in [7, 11) is 0. The zero-order chi connectivity index (χ0) is 15.2. The van der Waals surface area contributed by atoms with Crippen LogP contribution in [0.1, 0.15) is 18.1 Å². The van der Waals surface area contributed by atoms with Crippen molar-refractivity contribution in [1.82, 2.24) is 14.8 Å². The number of benzene rings is 2. The SMILES string of the molecule is CC(=NOCc1ccccc1)c1ccc(-n2cncn2)cc1. The van der Waals surface area contributed by atoms with Crippen molar-refractivity contribution < 1.29 is 4.84 Å². The number of aromatic nitrogens is 3. The van der Waals surface area contributed by atoms with Gasteiger partial charge in [-0.3, -0.25) is 0 Å². The fourth-order valence-electron chi connectivity index (χ4n) is 2.03. The van der Waals surface area contributed by atoms with Crippen LogP contribution < -0.4 is 0 Å². The van der Waals surface area contributed by atoms with Crippen molar-refractivity contribution in [2.75, 3.05) is 0 Å². The van der Waals surface area contributed by atoms with Crippen molar-refractivity contribution in [1.29, 1.82) is 0 Å². The molecule has 0 unspecified atom stereocenters. The highest BCUT2D eigenvalue weighted by atomic mass is 16.6. The van der Waals surface area contributed by atoms with Crippen molar-refractivity contribution in [3.63, 3.8) is 0 Å². The van der Waals surface area contributed by atoms with E-state index in [0.717, 1.165) is 22.5 Å². The molecule has 0 amide bonds. The molecule has 0 aliphatic rings. The Balaban J connectivity index is 1.64. The highest BCUT2D eigenvalue weighted by Gasteiger charge is 2.01. The van der Waals surface area contributed by atoms with Gasteiger partial charge in [0.2, 0.25) is 0 Å². The Morgan fingerprint density at radius 3 is 2.55 bits per heavy atom. The molecule has 0 fully saturated rings. The molecule has 2 aromatic carbocycles. The summed E-state index contributed by atoms with van der Waals surface area (Å²) in [6.45, 7) is 2.39. The van der Waals surface area contributed by atoms with Gasteiger partial charge < -0.3 is 4.84 Å². The third-order valence-corrected chi connectivity index (χ3v) is 3.24. The standard InChI is InChI=1S/C17H16N4O/c1-14(20-22-11-15-5-3-2-4-6-15)16-7-9-17(10-8-16)21-13-18-12-19-21/h2-10,12-13H,11H2,1H3. The number of hydrogen-bond donors (Lipinski definition) is 0. The van der Waals surface area contributed by atoms with Crippen LogP contribution in [0.25, 0.3) is 5.69 Å². The van der Waals surface area contributed by atoms with E-state index in [2.05, 4.69) is 15.2 Å². The zero-order valence-electron chi connectivity index (χ0n) is 12.3. The highest BCUT2D eigenvalue weighted by Crippen LogP contribution is 2.09. The van der Waals surface area contributed by atoms with Crippen LogP contribution in [-0.4, -0.2) is 20.5 Å². The van der Waals surface area contributed by atoms with E-state index in [-0.39, 0.29) is 0 Å². The molecular weight excluding hydrogens is 276 g/mol. The summed E-state index contributed by atoms with van der Waals surface area (Å²) >= 11 is 0. The van der Waals surface area contributed by atoms with Crippen LogP contribution in [0.3, 0.4) is 0 Å². The van der Waals surface area contributed by atoms with Gasteiger partial charge in [0, 0.05) is 0 Å². The predicted molar refractivity (Wildman–Crippen MR) is 84.8 cm³/mol. The van der Waals surface area contributed by atoms with E-state index in [9.17, 15) is 0 Å². The van der Waals surface area contributed by atoms with Crippen molar-refractivity contribution >= 4 is 5.71 Å².